The highest BCUT2D eigenvalue weighted by atomic mass is 32.2. The number of rotatable bonds is 5. The van der Waals surface area contributed by atoms with Crippen molar-refractivity contribution in [3.63, 3.8) is 0 Å². The summed E-state index contributed by atoms with van der Waals surface area (Å²) in [6.45, 7) is 2.18. The minimum Gasteiger partial charge on any atom is -0.302 e. The van der Waals surface area contributed by atoms with Crippen LogP contribution in [0.5, 0.6) is 0 Å². The molecule has 1 unspecified atom stereocenters. The Morgan fingerprint density at radius 1 is 1.27 bits per heavy atom. The third-order valence-corrected chi connectivity index (χ3v) is 3.61. The normalized spacial score (nSPS) is 13.1. The lowest BCUT2D eigenvalue weighted by Gasteiger charge is -2.22. The topological polar surface area (TPSA) is 3.24 Å². The van der Waals surface area contributed by atoms with Gasteiger partial charge in [0.15, 0.2) is 0 Å². The molecule has 0 N–H and O–H groups in total. The maximum atomic E-state index is 4.39. The highest BCUT2D eigenvalue weighted by Gasteiger charge is 2.11. The predicted octanol–water partition coefficient (Wildman–Crippen LogP) is 3.33. The van der Waals surface area contributed by atoms with Gasteiger partial charge in [0.05, 0.1) is 0 Å². The number of thiol groups is 1. The van der Waals surface area contributed by atoms with Crippen LogP contribution in [0.1, 0.15) is 18.5 Å². The Bertz CT molecular complexity index is 282. The van der Waals surface area contributed by atoms with Crippen molar-refractivity contribution in [3.05, 3.63) is 29.8 Å². The van der Waals surface area contributed by atoms with Gasteiger partial charge in [0.2, 0.25) is 0 Å². The molecule has 1 nitrogen and oxygen atoms in total. The molecule has 15 heavy (non-hydrogen) atoms. The summed E-state index contributed by atoms with van der Waals surface area (Å²) in [7, 11) is 4.19. The van der Waals surface area contributed by atoms with Gasteiger partial charge < -0.3 is 4.90 Å². The predicted molar refractivity (Wildman–Crippen MR) is 73.1 cm³/mol. The fourth-order valence-electron chi connectivity index (χ4n) is 1.52. The molecule has 1 aromatic rings. The van der Waals surface area contributed by atoms with Crippen LogP contribution in [0.25, 0.3) is 0 Å². The van der Waals surface area contributed by atoms with Crippen LogP contribution in [0.3, 0.4) is 0 Å². The summed E-state index contributed by atoms with van der Waals surface area (Å²) in [5.74, 6) is 1.98. The first-order valence-electron chi connectivity index (χ1n) is 5.19. The molecule has 0 fully saturated rings. The minimum atomic E-state index is 0.411. The Hall–Kier alpha value is -0.120. The van der Waals surface area contributed by atoms with Crippen LogP contribution >= 0.6 is 24.4 Å². The van der Waals surface area contributed by atoms with Crippen LogP contribution in [0.15, 0.2) is 29.2 Å². The molecule has 0 aliphatic carbocycles. The fraction of sp³-hybridized carbons (Fsp3) is 0.500. The molecule has 0 aliphatic heterocycles. The number of benzene rings is 1. The Kier molecular flexibility index (Phi) is 5.58. The van der Waals surface area contributed by atoms with Gasteiger partial charge in [-0.05, 0) is 37.5 Å². The molecule has 0 bridgehead atoms. The van der Waals surface area contributed by atoms with E-state index in [2.05, 4.69) is 62.8 Å². The van der Waals surface area contributed by atoms with Gasteiger partial charge in [0.25, 0.3) is 0 Å². The Labute approximate surface area is 103 Å². The van der Waals surface area contributed by atoms with Gasteiger partial charge in [0.1, 0.15) is 0 Å². The van der Waals surface area contributed by atoms with Gasteiger partial charge in [-0.1, -0.05) is 19.1 Å². The average molecular weight is 241 g/mol. The monoisotopic (exact) mass is 241 g/mol. The maximum absolute atomic E-state index is 4.39. The lowest BCUT2D eigenvalue weighted by molar-refractivity contribution is 0.326. The summed E-state index contributed by atoms with van der Waals surface area (Å²) in [4.78, 5) is 3.55. The standard InChI is InChI=1S/C12H19NS2/c1-4-15-11-7-5-10(6-8-11)12(9-14)13(2)3/h5-8,12,14H,4,9H2,1-3H3. The molecular weight excluding hydrogens is 222 g/mol. The molecule has 0 amide bonds. The van der Waals surface area contributed by atoms with Crippen LogP contribution in [0.2, 0.25) is 0 Å². The number of nitrogens with zero attached hydrogens (tertiary/aromatic N) is 1. The quantitative estimate of drug-likeness (QED) is 0.622. The molecule has 0 radical (unpaired) electrons. The van der Waals surface area contributed by atoms with Gasteiger partial charge in [0, 0.05) is 16.7 Å². The van der Waals surface area contributed by atoms with Gasteiger partial charge in [-0.25, -0.2) is 0 Å². The number of hydrogen-bond donors (Lipinski definition) is 1. The molecule has 1 rings (SSSR count). The summed E-state index contributed by atoms with van der Waals surface area (Å²) in [5, 5.41) is 0. The second kappa shape index (κ2) is 6.46. The lowest BCUT2D eigenvalue weighted by atomic mass is 10.1. The van der Waals surface area contributed by atoms with Gasteiger partial charge in [-0.15, -0.1) is 11.8 Å². The molecule has 0 aliphatic rings. The Morgan fingerprint density at radius 3 is 2.27 bits per heavy atom. The SMILES string of the molecule is CCSc1ccc(C(CS)N(C)C)cc1. The highest BCUT2D eigenvalue weighted by molar-refractivity contribution is 7.99. The van der Waals surface area contributed by atoms with Crippen molar-refractivity contribution in [2.24, 2.45) is 0 Å². The second-order valence-corrected chi connectivity index (χ2v) is 5.37. The van der Waals surface area contributed by atoms with E-state index in [1.165, 1.54) is 10.5 Å². The van der Waals surface area contributed by atoms with Crippen molar-refractivity contribution in [2.45, 2.75) is 17.9 Å². The van der Waals surface area contributed by atoms with E-state index in [0.29, 0.717) is 6.04 Å². The van der Waals surface area contributed by atoms with E-state index in [-0.39, 0.29) is 0 Å². The van der Waals surface area contributed by atoms with E-state index in [4.69, 9.17) is 0 Å². The molecule has 3 heteroatoms. The van der Waals surface area contributed by atoms with Crippen LogP contribution in [0.4, 0.5) is 0 Å². The number of thioether (sulfide) groups is 1. The van der Waals surface area contributed by atoms with Crippen molar-refractivity contribution in [2.75, 3.05) is 25.6 Å². The van der Waals surface area contributed by atoms with Crippen molar-refractivity contribution in [3.8, 4) is 0 Å². The first kappa shape index (κ1) is 12.9. The van der Waals surface area contributed by atoms with Crippen LogP contribution < -0.4 is 0 Å². The molecule has 0 heterocycles. The fourth-order valence-corrected chi connectivity index (χ4v) is 2.72. The van der Waals surface area contributed by atoms with Crippen molar-refractivity contribution in [1.82, 2.24) is 4.90 Å². The molecule has 0 saturated heterocycles. The van der Waals surface area contributed by atoms with Gasteiger partial charge in [-0.2, -0.15) is 12.6 Å². The molecule has 0 aromatic heterocycles. The third-order valence-electron chi connectivity index (χ3n) is 2.37. The first-order chi connectivity index (χ1) is 7.19. The maximum Gasteiger partial charge on any atom is 0.0429 e. The Morgan fingerprint density at radius 2 is 1.87 bits per heavy atom. The van der Waals surface area contributed by atoms with E-state index >= 15 is 0 Å². The summed E-state index contributed by atoms with van der Waals surface area (Å²) in [6.07, 6.45) is 0. The van der Waals surface area contributed by atoms with Crippen molar-refractivity contribution in [1.29, 1.82) is 0 Å². The zero-order valence-electron chi connectivity index (χ0n) is 9.60. The molecule has 84 valence electrons. The first-order valence-corrected chi connectivity index (χ1v) is 6.81. The van der Waals surface area contributed by atoms with Crippen LogP contribution in [0, 0.1) is 0 Å². The van der Waals surface area contributed by atoms with Crippen LogP contribution in [-0.2, 0) is 0 Å². The zero-order chi connectivity index (χ0) is 11.3. The molecular formula is C12H19NS2. The number of hydrogen-bond acceptors (Lipinski definition) is 3. The molecule has 1 atom stereocenters. The summed E-state index contributed by atoms with van der Waals surface area (Å²) in [5.41, 5.74) is 1.34. The lowest BCUT2D eigenvalue weighted by Crippen LogP contribution is -2.21. The van der Waals surface area contributed by atoms with E-state index < -0.39 is 0 Å². The summed E-state index contributed by atoms with van der Waals surface area (Å²) in [6, 6.07) is 9.22. The Balaban J connectivity index is 2.77. The van der Waals surface area contributed by atoms with E-state index in [1.54, 1.807) is 0 Å². The highest BCUT2D eigenvalue weighted by Crippen LogP contribution is 2.23. The van der Waals surface area contributed by atoms with E-state index in [1.807, 2.05) is 11.8 Å². The minimum absolute atomic E-state index is 0.411. The smallest absolute Gasteiger partial charge is 0.0429 e. The van der Waals surface area contributed by atoms with E-state index in [0.717, 1.165) is 11.5 Å². The van der Waals surface area contributed by atoms with Crippen molar-refractivity contribution >= 4 is 24.4 Å². The van der Waals surface area contributed by atoms with Crippen molar-refractivity contribution < 1.29 is 0 Å². The molecule has 0 spiro atoms. The van der Waals surface area contributed by atoms with Gasteiger partial charge >= 0.3 is 0 Å². The zero-order valence-corrected chi connectivity index (χ0v) is 11.3. The third kappa shape index (κ3) is 3.74. The van der Waals surface area contributed by atoms with Crippen LogP contribution in [-0.4, -0.2) is 30.5 Å². The van der Waals surface area contributed by atoms with E-state index in [9.17, 15) is 0 Å². The van der Waals surface area contributed by atoms with Gasteiger partial charge in [-0.3, -0.25) is 0 Å². The molecule has 0 saturated carbocycles. The summed E-state index contributed by atoms with van der Waals surface area (Å²) < 4.78 is 0. The molecule has 1 aromatic carbocycles. The second-order valence-electron chi connectivity index (χ2n) is 3.66. The summed E-state index contributed by atoms with van der Waals surface area (Å²) >= 11 is 6.27. The largest absolute Gasteiger partial charge is 0.302 e. The average Bonchev–Trinajstić information content (AvgIpc) is 2.21.